The number of anilines is 1. The molecule has 0 saturated heterocycles. The number of benzene rings is 2. The second kappa shape index (κ2) is 7.02. The molecule has 3 aromatic rings. The first-order chi connectivity index (χ1) is 14.4. The first-order valence-corrected chi connectivity index (χ1v) is 10.5. The Morgan fingerprint density at radius 2 is 1.87 bits per heavy atom. The van der Waals surface area contributed by atoms with Gasteiger partial charge in [-0.1, -0.05) is 24.1 Å². The van der Waals surface area contributed by atoms with Crippen LogP contribution in [-0.2, 0) is 0 Å². The van der Waals surface area contributed by atoms with Crippen LogP contribution in [0.2, 0.25) is 5.02 Å². The number of rotatable bonds is 2. The average molecular weight is 423 g/mol. The molecule has 1 aliphatic carbocycles. The minimum atomic E-state index is -0.494. The summed E-state index contributed by atoms with van der Waals surface area (Å²) in [5, 5.41) is 0.624. The molecule has 2 aromatic carbocycles. The van der Waals surface area contributed by atoms with E-state index in [4.69, 9.17) is 32.5 Å². The van der Waals surface area contributed by atoms with E-state index >= 15 is 0 Å². The van der Waals surface area contributed by atoms with E-state index in [1.165, 1.54) is 6.42 Å². The molecular weight excluding hydrogens is 400 g/mol. The van der Waals surface area contributed by atoms with Gasteiger partial charge in [-0.05, 0) is 68.5 Å². The van der Waals surface area contributed by atoms with Gasteiger partial charge in [0, 0.05) is 16.3 Å². The zero-order valence-electron chi connectivity index (χ0n) is 16.7. The molecule has 1 spiro atoms. The highest BCUT2D eigenvalue weighted by Gasteiger charge is 2.43. The molecule has 8 heteroatoms. The Morgan fingerprint density at radius 1 is 1.07 bits per heavy atom. The van der Waals surface area contributed by atoms with E-state index in [0.29, 0.717) is 22.5 Å². The molecule has 30 heavy (non-hydrogen) atoms. The first-order valence-electron chi connectivity index (χ1n) is 10.1. The molecule has 1 saturated carbocycles. The number of oxazole rings is 1. The van der Waals surface area contributed by atoms with Gasteiger partial charge >= 0.3 is 0 Å². The SMILES string of the molecule is Cc1ccc(-c2nc3cc(Cl)ccc3o2)cc1N1C(N)=NC(N)=NC12CCCCC2. The molecule has 154 valence electrons. The fraction of sp³-hybridized carbons (Fsp3) is 0.318. The van der Waals surface area contributed by atoms with Crippen molar-refractivity contribution in [1.82, 2.24) is 4.98 Å². The lowest BCUT2D eigenvalue weighted by Crippen LogP contribution is -2.58. The molecule has 0 atom stereocenters. The van der Waals surface area contributed by atoms with Crippen molar-refractivity contribution in [1.29, 1.82) is 0 Å². The third kappa shape index (κ3) is 3.10. The van der Waals surface area contributed by atoms with E-state index in [1.54, 1.807) is 12.1 Å². The van der Waals surface area contributed by atoms with Crippen LogP contribution in [0.1, 0.15) is 37.7 Å². The highest BCUT2D eigenvalue weighted by atomic mass is 35.5. The van der Waals surface area contributed by atoms with Crippen molar-refractivity contribution in [3.05, 3.63) is 47.0 Å². The summed E-state index contributed by atoms with van der Waals surface area (Å²) in [5.41, 5.74) is 16.2. The predicted octanol–water partition coefficient (Wildman–Crippen LogP) is 4.57. The summed E-state index contributed by atoms with van der Waals surface area (Å²) in [6.45, 7) is 2.05. The van der Waals surface area contributed by atoms with E-state index < -0.39 is 5.66 Å². The molecule has 2 heterocycles. The highest BCUT2D eigenvalue weighted by Crippen LogP contribution is 2.41. The first kappa shape index (κ1) is 18.9. The summed E-state index contributed by atoms with van der Waals surface area (Å²) in [5.74, 6) is 1.14. The van der Waals surface area contributed by atoms with E-state index in [-0.39, 0.29) is 5.96 Å². The summed E-state index contributed by atoms with van der Waals surface area (Å²) in [7, 11) is 0. The molecule has 5 rings (SSSR count). The number of nitrogens with zero attached hydrogens (tertiary/aromatic N) is 4. The third-order valence-electron chi connectivity index (χ3n) is 5.90. The summed E-state index contributed by atoms with van der Waals surface area (Å²) >= 11 is 6.09. The van der Waals surface area contributed by atoms with Crippen molar-refractivity contribution < 1.29 is 4.42 Å². The third-order valence-corrected chi connectivity index (χ3v) is 6.13. The van der Waals surface area contributed by atoms with Gasteiger partial charge in [0.15, 0.2) is 5.58 Å². The maximum Gasteiger partial charge on any atom is 0.227 e. The van der Waals surface area contributed by atoms with Crippen molar-refractivity contribution >= 4 is 40.3 Å². The predicted molar refractivity (Wildman–Crippen MR) is 121 cm³/mol. The number of guanidine groups is 2. The molecule has 0 bridgehead atoms. The fourth-order valence-electron chi connectivity index (χ4n) is 4.48. The fourth-order valence-corrected chi connectivity index (χ4v) is 4.64. The van der Waals surface area contributed by atoms with Crippen LogP contribution in [-0.4, -0.2) is 22.6 Å². The largest absolute Gasteiger partial charge is 0.436 e. The van der Waals surface area contributed by atoms with E-state index in [9.17, 15) is 0 Å². The standard InChI is InChI=1S/C22H23ClN6O/c1-13-5-6-14(19-26-16-12-15(23)7-8-18(16)30-19)11-17(13)29-21(25)27-20(24)28-22(29)9-3-2-4-10-22/h5-8,11-12H,2-4,9-10H2,1H3,(H4,24,25,27,28). The van der Waals surface area contributed by atoms with Gasteiger partial charge < -0.3 is 15.9 Å². The van der Waals surface area contributed by atoms with Crippen molar-refractivity contribution in [2.45, 2.75) is 44.7 Å². The molecule has 1 aromatic heterocycles. The molecular formula is C22H23ClN6O. The normalized spacial score (nSPS) is 18.5. The van der Waals surface area contributed by atoms with Crippen molar-refractivity contribution in [3.63, 3.8) is 0 Å². The Labute approximate surface area is 179 Å². The van der Waals surface area contributed by atoms with E-state index in [2.05, 4.69) is 16.9 Å². The molecule has 0 amide bonds. The Balaban J connectivity index is 1.62. The Hall–Kier alpha value is -3.06. The number of halogens is 1. The molecule has 1 aliphatic heterocycles. The second-order valence-corrected chi connectivity index (χ2v) is 8.39. The monoisotopic (exact) mass is 422 g/mol. The molecule has 1 fully saturated rings. The number of aromatic nitrogens is 1. The van der Waals surface area contributed by atoms with Crippen LogP contribution in [0.25, 0.3) is 22.6 Å². The lowest BCUT2D eigenvalue weighted by atomic mass is 9.87. The van der Waals surface area contributed by atoms with Crippen LogP contribution in [0.15, 0.2) is 50.8 Å². The lowest BCUT2D eigenvalue weighted by Gasteiger charge is -2.46. The average Bonchev–Trinajstić information content (AvgIpc) is 3.12. The number of hydrogen-bond donors (Lipinski definition) is 2. The van der Waals surface area contributed by atoms with Crippen molar-refractivity contribution in [3.8, 4) is 11.5 Å². The minimum Gasteiger partial charge on any atom is -0.436 e. The van der Waals surface area contributed by atoms with Crippen molar-refractivity contribution in [2.75, 3.05) is 4.90 Å². The number of aryl methyl sites for hydroxylation is 1. The number of nitrogens with two attached hydrogens (primary N) is 2. The lowest BCUT2D eigenvalue weighted by molar-refractivity contribution is 0.305. The summed E-state index contributed by atoms with van der Waals surface area (Å²) < 4.78 is 5.97. The summed E-state index contributed by atoms with van der Waals surface area (Å²) in [6, 6.07) is 11.5. The molecule has 0 unspecified atom stereocenters. The Bertz CT molecular complexity index is 1190. The van der Waals surface area contributed by atoms with Crippen LogP contribution in [0.3, 0.4) is 0 Å². The van der Waals surface area contributed by atoms with Crippen molar-refractivity contribution in [2.24, 2.45) is 21.5 Å². The quantitative estimate of drug-likeness (QED) is 0.629. The molecule has 7 nitrogen and oxygen atoms in total. The molecule has 2 aliphatic rings. The van der Waals surface area contributed by atoms with Gasteiger partial charge in [0.25, 0.3) is 0 Å². The van der Waals surface area contributed by atoms with Crippen LogP contribution in [0.4, 0.5) is 5.69 Å². The second-order valence-electron chi connectivity index (χ2n) is 7.95. The number of fused-ring (bicyclic) bond motifs is 1. The van der Waals surface area contributed by atoms with Gasteiger partial charge in [-0.2, -0.15) is 4.99 Å². The summed E-state index contributed by atoms with van der Waals surface area (Å²) in [6.07, 6.45) is 5.10. The van der Waals surface area contributed by atoms with Gasteiger partial charge in [-0.15, -0.1) is 0 Å². The maximum absolute atomic E-state index is 6.40. The number of hydrogen-bond acceptors (Lipinski definition) is 7. The van der Waals surface area contributed by atoms with Gasteiger partial charge in [0.2, 0.25) is 17.8 Å². The Morgan fingerprint density at radius 3 is 2.67 bits per heavy atom. The minimum absolute atomic E-state index is 0.246. The van der Waals surface area contributed by atoms with E-state index in [0.717, 1.165) is 48.0 Å². The highest BCUT2D eigenvalue weighted by molar-refractivity contribution is 6.31. The molecule has 0 radical (unpaired) electrons. The topological polar surface area (TPSA) is 106 Å². The van der Waals surface area contributed by atoms with Crippen LogP contribution < -0.4 is 16.4 Å². The van der Waals surface area contributed by atoms with Crippen LogP contribution in [0.5, 0.6) is 0 Å². The van der Waals surface area contributed by atoms with E-state index in [1.807, 2.05) is 29.2 Å². The maximum atomic E-state index is 6.40. The zero-order valence-corrected chi connectivity index (χ0v) is 17.5. The number of aliphatic imine (C=N–C) groups is 2. The van der Waals surface area contributed by atoms with Gasteiger partial charge in [0.05, 0.1) is 0 Å². The smallest absolute Gasteiger partial charge is 0.227 e. The summed E-state index contributed by atoms with van der Waals surface area (Å²) in [4.78, 5) is 15.7. The zero-order chi connectivity index (χ0) is 20.9. The Kier molecular flexibility index (Phi) is 4.43. The van der Waals surface area contributed by atoms with Crippen LogP contribution >= 0.6 is 11.6 Å². The van der Waals surface area contributed by atoms with Gasteiger partial charge in [0.1, 0.15) is 11.2 Å². The van der Waals surface area contributed by atoms with Crippen LogP contribution in [0, 0.1) is 6.92 Å². The van der Waals surface area contributed by atoms with Gasteiger partial charge in [-0.25, -0.2) is 9.98 Å². The molecule has 4 N–H and O–H groups in total. The van der Waals surface area contributed by atoms with Gasteiger partial charge in [-0.3, -0.25) is 4.90 Å².